The average Bonchev–Trinajstić information content (AvgIpc) is 2.98. The van der Waals surface area contributed by atoms with Crippen molar-refractivity contribution in [2.45, 2.75) is 25.8 Å². The first-order chi connectivity index (χ1) is 12.7. The van der Waals surface area contributed by atoms with Crippen molar-refractivity contribution in [3.05, 3.63) is 68.0 Å². The number of carbonyl (C=O) groups is 1. The van der Waals surface area contributed by atoms with E-state index in [4.69, 9.17) is 5.11 Å². The molecule has 0 saturated carbocycles. The molecule has 1 aromatic heterocycles. The van der Waals surface area contributed by atoms with Gasteiger partial charge in [-0.1, -0.05) is 43.4 Å². The summed E-state index contributed by atoms with van der Waals surface area (Å²) in [5.41, 5.74) is 6.30. The number of nitrogens with zero attached hydrogens (tertiary/aromatic N) is 2. The Labute approximate surface area is 160 Å². The Kier molecular flexibility index (Phi) is 4.83. The number of carboxylic acids is 1. The standard InChI is InChI=1S/C20H20N2O4S/c1-20(2)13-8-4-5-9-14(13)21(3)16(20)11-7-6-10-15-18(25)22(12-17(23)24)19(26)27-15/h4-5,7-11,25H,12H2,1-3H3,(H,23,24). The van der Waals surface area contributed by atoms with Gasteiger partial charge < -0.3 is 15.1 Å². The van der Waals surface area contributed by atoms with E-state index in [9.17, 15) is 14.7 Å². The maximum Gasteiger partial charge on any atom is 0.323 e. The van der Waals surface area contributed by atoms with Crippen molar-refractivity contribution in [1.82, 2.24) is 4.57 Å². The van der Waals surface area contributed by atoms with Crippen LogP contribution in [0.5, 0.6) is 5.88 Å². The molecule has 27 heavy (non-hydrogen) atoms. The molecule has 1 aromatic carbocycles. The summed E-state index contributed by atoms with van der Waals surface area (Å²) in [4.78, 5) is 24.4. The second-order valence-corrected chi connectivity index (χ2v) is 7.76. The lowest BCUT2D eigenvalue weighted by molar-refractivity contribution is -0.137. The lowest BCUT2D eigenvalue weighted by atomic mass is 9.84. The summed E-state index contributed by atoms with van der Waals surface area (Å²) in [6.45, 7) is 3.74. The van der Waals surface area contributed by atoms with Crippen LogP contribution >= 0.6 is 11.3 Å². The zero-order valence-electron chi connectivity index (χ0n) is 15.3. The van der Waals surface area contributed by atoms with Gasteiger partial charge in [0.05, 0.1) is 0 Å². The molecule has 2 aromatic rings. The van der Waals surface area contributed by atoms with Crippen LogP contribution in [-0.2, 0) is 16.8 Å². The number of benzene rings is 1. The molecule has 2 heterocycles. The molecule has 0 atom stereocenters. The Bertz CT molecular complexity index is 1050. The summed E-state index contributed by atoms with van der Waals surface area (Å²) in [5, 5.41) is 18.8. The lowest BCUT2D eigenvalue weighted by Gasteiger charge is -2.23. The van der Waals surface area contributed by atoms with E-state index in [0.29, 0.717) is 0 Å². The van der Waals surface area contributed by atoms with E-state index in [-0.39, 0.29) is 16.2 Å². The van der Waals surface area contributed by atoms with E-state index in [1.807, 2.05) is 25.3 Å². The second-order valence-electron chi connectivity index (χ2n) is 6.77. The summed E-state index contributed by atoms with van der Waals surface area (Å²) in [6.07, 6.45) is 5.15. The highest BCUT2D eigenvalue weighted by Crippen LogP contribution is 2.46. The van der Waals surface area contributed by atoms with Crippen molar-refractivity contribution >= 4 is 29.1 Å². The second kappa shape index (κ2) is 6.95. The van der Waals surface area contributed by atoms with Crippen LogP contribution in [0.4, 0.5) is 5.69 Å². The summed E-state index contributed by atoms with van der Waals surface area (Å²) < 4.78 is 0.823. The third kappa shape index (κ3) is 3.35. The summed E-state index contributed by atoms with van der Waals surface area (Å²) in [5.74, 6) is -1.54. The predicted octanol–water partition coefficient (Wildman–Crippen LogP) is 3.18. The third-order valence-corrected chi connectivity index (χ3v) is 5.59. The van der Waals surface area contributed by atoms with Crippen molar-refractivity contribution in [1.29, 1.82) is 0 Å². The fraction of sp³-hybridized carbons (Fsp3) is 0.250. The number of likely N-dealkylation sites (N-methyl/N-ethyl adjacent to an activating group) is 1. The molecule has 0 fully saturated rings. The predicted molar refractivity (Wildman–Crippen MR) is 106 cm³/mol. The minimum atomic E-state index is -1.19. The Morgan fingerprint density at radius 3 is 2.70 bits per heavy atom. The van der Waals surface area contributed by atoms with Gasteiger partial charge in [0, 0.05) is 29.9 Å². The maximum atomic E-state index is 11.8. The van der Waals surface area contributed by atoms with Crippen molar-refractivity contribution < 1.29 is 15.0 Å². The minimum Gasteiger partial charge on any atom is -0.493 e. The van der Waals surface area contributed by atoms with Gasteiger partial charge in [-0.15, -0.1) is 5.73 Å². The first-order valence-corrected chi connectivity index (χ1v) is 9.16. The van der Waals surface area contributed by atoms with Crippen molar-refractivity contribution in [2.75, 3.05) is 11.9 Å². The normalized spacial score (nSPS) is 16.1. The van der Waals surface area contributed by atoms with Gasteiger partial charge in [0.2, 0.25) is 5.88 Å². The largest absolute Gasteiger partial charge is 0.493 e. The monoisotopic (exact) mass is 384 g/mol. The molecule has 2 N–H and O–H groups in total. The molecule has 0 aliphatic carbocycles. The topological polar surface area (TPSA) is 82.8 Å². The Hall–Kier alpha value is -3.02. The molecule has 6 nitrogen and oxygen atoms in total. The number of fused-ring (bicyclic) bond motifs is 1. The highest BCUT2D eigenvalue weighted by atomic mass is 32.1. The number of carboxylic acid groups (broad SMARTS) is 1. The number of aromatic nitrogens is 1. The molecule has 0 amide bonds. The maximum absolute atomic E-state index is 11.8. The quantitative estimate of drug-likeness (QED) is 0.791. The Morgan fingerprint density at radius 2 is 2.04 bits per heavy atom. The van der Waals surface area contributed by atoms with E-state index < -0.39 is 17.4 Å². The molecule has 0 spiro atoms. The number of para-hydroxylation sites is 1. The zero-order chi connectivity index (χ0) is 19.8. The van der Waals surface area contributed by atoms with Crippen LogP contribution in [0.3, 0.4) is 0 Å². The number of hydrogen-bond acceptors (Lipinski definition) is 5. The summed E-state index contributed by atoms with van der Waals surface area (Å²) in [7, 11) is 2.01. The van der Waals surface area contributed by atoms with E-state index >= 15 is 0 Å². The molecule has 0 unspecified atom stereocenters. The van der Waals surface area contributed by atoms with E-state index in [1.165, 1.54) is 11.6 Å². The first kappa shape index (κ1) is 18.8. The van der Waals surface area contributed by atoms with Gasteiger partial charge >= 0.3 is 10.8 Å². The van der Waals surface area contributed by atoms with E-state index in [1.54, 1.807) is 6.08 Å². The number of hydrogen-bond donors (Lipinski definition) is 2. The van der Waals surface area contributed by atoms with E-state index in [2.05, 4.69) is 36.6 Å². The smallest absolute Gasteiger partial charge is 0.323 e. The van der Waals surface area contributed by atoms with Gasteiger partial charge in [-0.2, -0.15) is 0 Å². The first-order valence-electron chi connectivity index (χ1n) is 8.34. The molecule has 1 aliphatic heterocycles. The molecule has 1 aliphatic rings. The fourth-order valence-corrected chi connectivity index (χ4v) is 4.11. The Balaban J connectivity index is 1.90. The number of rotatable bonds is 4. The molecule has 3 rings (SSSR count). The summed E-state index contributed by atoms with van der Waals surface area (Å²) in [6, 6.07) is 8.24. The Morgan fingerprint density at radius 1 is 1.33 bits per heavy atom. The summed E-state index contributed by atoms with van der Waals surface area (Å²) >= 11 is 0.781. The molecule has 0 bridgehead atoms. The lowest BCUT2D eigenvalue weighted by Crippen LogP contribution is -2.22. The van der Waals surface area contributed by atoms with Gasteiger partial charge in [-0.3, -0.25) is 14.2 Å². The van der Waals surface area contributed by atoms with Gasteiger partial charge in [-0.05, 0) is 23.8 Å². The molecule has 140 valence electrons. The number of anilines is 1. The van der Waals surface area contributed by atoms with E-state index in [0.717, 1.165) is 27.3 Å². The molecular weight excluding hydrogens is 364 g/mol. The molecular formula is C20H20N2O4S. The van der Waals surface area contributed by atoms with Crippen LogP contribution in [0.2, 0.25) is 0 Å². The molecule has 0 saturated heterocycles. The van der Waals surface area contributed by atoms with Gasteiger partial charge in [0.25, 0.3) is 0 Å². The highest BCUT2D eigenvalue weighted by molar-refractivity contribution is 7.10. The van der Waals surface area contributed by atoms with Crippen LogP contribution in [0.25, 0.3) is 6.08 Å². The van der Waals surface area contributed by atoms with Crippen LogP contribution in [0.15, 0.2) is 52.6 Å². The molecule has 0 radical (unpaired) electrons. The van der Waals surface area contributed by atoms with Gasteiger partial charge in [0.15, 0.2) is 0 Å². The average molecular weight is 384 g/mol. The minimum absolute atomic E-state index is 0.151. The van der Waals surface area contributed by atoms with Crippen molar-refractivity contribution in [2.24, 2.45) is 0 Å². The fourth-order valence-electron chi connectivity index (χ4n) is 3.34. The van der Waals surface area contributed by atoms with Gasteiger partial charge in [-0.25, -0.2) is 0 Å². The van der Waals surface area contributed by atoms with Crippen LogP contribution < -0.4 is 9.77 Å². The third-order valence-electron chi connectivity index (χ3n) is 4.68. The van der Waals surface area contributed by atoms with Crippen molar-refractivity contribution in [3.63, 3.8) is 0 Å². The SMILES string of the molecule is CN1C(=CC=C=Cc2sc(=O)n(CC(=O)O)c2O)C(C)(C)c2ccccc21. The number of aliphatic carboxylic acids is 1. The molecule has 7 heteroatoms. The van der Waals surface area contributed by atoms with Crippen LogP contribution in [0.1, 0.15) is 24.3 Å². The van der Waals surface area contributed by atoms with Gasteiger partial charge in [0.1, 0.15) is 11.4 Å². The van der Waals surface area contributed by atoms with Crippen molar-refractivity contribution in [3.8, 4) is 5.88 Å². The zero-order valence-corrected chi connectivity index (χ0v) is 16.1. The van der Waals surface area contributed by atoms with Crippen LogP contribution in [0, 0.1) is 0 Å². The number of allylic oxidation sites excluding steroid dienone is 3. The number of thiazole rings is 1. The van der Waals surface area contributed by atoms with Crippen LogP contribution in [-0.4, -0.2) is 27.8 Å². The highest BCUT2D eigenvalue weighted by Gasteiger charge is 2.37. The number of aromatic hydroxyl groups is 1.